The van der Waals surface area contributed by atoms with Gasteiger partial charge < -0.3 is 5.32 Å². The van der Waals surface area contributed by atoms with E-state index in [1.807, 2.05) is 6.07 Å². The Morgan fingerprint density at radius 1 is 1.10 bits per heavy atom. The molecular formula is C22H28N6O2. The van der Waals surface area contributed by atoms with E-state index in [9.17, 15) is 9.59 Å². The van der Waals surface area contributed by atoms with Gasteiger partial charge in [0.15, 0.2) is 0 Å². The number of nitrogens with one attached hydrogen (secondary N) is 2. The second kappa shape index (κ2) is 7.68. The molecule has 8 heteroatoms. The lowest BCUT2D eigenvalue weighted by atomic mass is 9.69. The molecule has 1 aliphatic heterocycles. The first-order valence-electron chi connectivity index (χ1n) is 10.3. The van der Waals surface area contributed by atoms with E-state index in [1.165, 1.54) is 12.5 Å². The summed E-state index contributed by atoms with van der Waals surface area (Å²) in [6, 6.07) is 10.5. The van der Waals surface area contributed by atoms with Crippen molar-refractivity contribution in [2.75, 3.05) is 30.9 Å². The summed E-state index contributed by atoms with van der Waals surface area (Å²) in [5, 5.41) is 5.78. The van der Waals surface area contributed by atoms with E-state index in [1.54, 1.807) is 17.3 Å². The Kier molecular flexibility index (Phi) is 5.19. The van der Waals surface area contributed by atoms with Gasteiger partial charge in [-0.2, -0.15) is 0 Å². The smallest absolute Gasteiger partial charge is 0.322 e. The summed E-state index contributed by atoms with van der Waals surface area (Å²) in [7, 11) is 4.27. The molecule has 30 heavy (non-hydrogen) atoms. The van der Waals surface area contributed by atoms with E-state index in [-0.39, 0.29) is 29.0 Å². The molecule has 0 unspecified atom stereocenters. The largest absolute Gasteiger partial charge is 0.330 e. The number of carbonyl (C=O) groups excluding carboxylic acids is 2. The first kappa shape index (κ1) is 20.3. The zero-order valence-electron chi connectivity index (χ0n) is 17.7. The van der Waals surface area contributed by atoms with Crippen molar-refractivity contribution in [3.8, 4) is 0 Å². The highest BCUT2D eigenvalue weighted by Gasteiger charge is 2.50. The van der Waals surface area contributed by atoms with Gasteiger partial charge in [0.05, 0.1) is 30.2 Å². The van der Waals surface area contributed by atoms with Crippen LogP contribution in [0.2, 0.25) is 0 Å². The van der Waals surface area contributed by atoms with Crippen LogP contribution in [0.4, 0.5) is 16.4 Å². The number of nitrogens with zero attached hydrogens (tertiary/aromatic N) is 4. The highest BCUT2D eigenvalue weighted by atomic mass is 16.2. The van der Waals surface area contributed by atoms with Crippen LogP contribution in [0, 0.1) is 0 Å². The van der Waals surface area contributed by atoms with Crippen LogP contribution in [0.15, 0.2) is 42.7 Å². The van der Waals surface area contributed by atoms with Crippen molar-refractivity contribution >= 4 is 23.6 Å². The fourth-order valence-corrected chi connectivity index (χ4v) is 4.77. The molecular weight excluding hydrogens is 380 g/mol. The number of rotatable bonds is 4. The molecule has 158 valence electrons. The van der Waals surface area contributed by atoms with Gasteiger partial charge >= 0.3 is 6.03 Å². The summed E-state index contributed by atoms with van der Waals surface area (Å²) in [5.74, 6) is 0.00229. The number of benzene rings is 1. The number of carbonyl (C=O) groups is 2. The summed E-state index contributed by atoms with van der Waals surface area (Å²) in [6.07, 6.45) is 6.88. The molecule has 2 fully saturated rings. The minimum absolute atomic E-state index is 0.0201. The first-order chi connectivity index (χ1) is 14.3. The Balaban J connectivity index is 1.50. The van der Waals surface area contributed by atoms with Gasteiger partial charge in [0.25, 0.3) is 0 Å². The number of hydrogen-bond donors (Lipinski definition) is 2. The third-order valence-electron chi connectivity index (χ3n) is 6.52. The molecule has 4 rings (SSSR count). The Morgan fingerprint density at radius 3 is 2.30 bits per heavy atom. The van der Waals surface area contributed by atoms with Gasteiger partial charge in [0.2, 0.25) is 11.9 Å². The van der Waals surface area contributed by atoms with Crippen molar-refractivity contribution in [2.45, 2.75) is 43.7 Å². The van der Waals surface area contributed by atoms with Crippen molar-refractivity contribution in [3.05, 3.63) is 48.3 Å². The van der Waals surface area contributed by atoms with E-state index < -0.39 is 0 Å². The Labute approximate surface area is 176 Å². The lowest BCUT2D eigenvalue weighted by Crippen LogP contribution is -2.54. The van der Waals surface area contributed by atoms with Crippen LogP contribution in [-0.2, 0) is 10.3 Å². The molecule has 2 heterocycles. The van der Waals surface area contributed by atoms with Crippen LogP contribution in [-0.4, -0.2) is 53.0 Å². The number of hydrogen-bond acceptors (Lipinski definition) is 5. The molecule has 1 spiro atoms. The van der Waals surface area contributed by atoms with Gasteiger partial charge in [-0.3, -0.25) is 19.9 Å². The van der Waals surface area contributed by atoms with Crippen LogP contribution in [0.25, 0.3) is 0 Å². The predicted molar refractivity (Wildman–Crippen MR) is 115 cm³/mol. The molecule has 3 amide bonds. The first-order valence-corrected chi connectivity index (χ1v) is 10.3. The van der Waals surface area contributed by atoms with Crippen molar-refractivity contribution < 1.29 is 9.59 Å². The quantitative estimate of drug-likeness (QED) is 0.812. The molecule has 8 nitrogen and oxygen atoms in total. The maximum Gasteiger partial charge on any atom is 0.322 e. The van der Waals surface area contributed by atoms with Crippen LogP contribution in [0.5, 0.6) is 0 Å². The Hall–Kier alpha value is -3.00. The minimum atomic E-state index is -0.248. The number of urea groups is 1. The van der Waals surface area contributed by atoms with Gasteiger partial charge in [0, 0.05) is 12.5 Å². The molecule has 2 aromatic rings. The van der Waals surface area contributed by atoms with Gasteiger partial charge in [-0.15, -0.1) is 0 Å². The van der Waals surface area contributed by atoms with Gasteiger partial charge in [-0.05, 0) is 45.3 Å². The molecule has 1 saturated heterocycles. The average molecular weight is 409 g/mol. The van der Waals surface area contributed by atoms with E-state index >= 15 is 0 Å². The van der Waals surface area contributed by atoms with Crippen LogP contribution >= 0.6 is 0 Å². The normalized spacial score (nSPS) is 26.1. The summed E-state index contributed by atoms with van der Waals surface area (Å²) in [4.78, 5) is 36.2. The summed E-state index contributed by atoms with van der Waals surface area (Å²) < 4.78 is 0. The number of amides is 3. The number of anilines is 2. The maximum atomic E-state index is 12.8. The van der Waals surface area contributed by atoms with Gasteiger partial charge in [-0.25, -0.2) is 14.8 Å². The van der Waals surface area contributed by atoms with E-state index in [0.29, 0.717) is 12.2 Å². The SMILES string of the molecule is CC(=O)Nc1ncc(N2C[C@]3(CC[C@](c4ccccc4)(N(C)C)CC3)NC2=O)cn1. The average Bonchev–Trinajstić information content (AvgIpc) is 3.05. The minimum Gasteiger partial charge on any atom is -0.330 e. The van der Waals surface area contributed by atoms with Crippen LogP contribution in [0.3, 0.4) is 0 Å². The number of aromatic nitrogens is 2. The van der Waals surface area contributed by atoms with Gasteiger partial charge in [0.1, 0.15) is 0 Å². The zero-order chi connectivity index (χ0) is 21.4. The topological polar surface area (TPSA) is 90.5 Å². The standard InChI is InChI=1S/C22H28N6O2/c1-16(29)25-19-23-13-18(14-24-19)28-15-21(26-20(28)30)9-11-22(12-10-21,27(2)3)17-7-5-4-6-8-17/h4-8,13-14H,9-12,15H2,1-3H3,(H,26,30)(H,23,24,25,29)/t21-,22+. The van der Waals surface area contributed by atoms with Gasteiger partial charge in [-0.1, -0.05) is 30.3 Å². The summed E-state index contributed by atoms with van der Waals surface area (Å²) in [5.41, 5.74) is 1.69. The molecule has 1 aromatic carbocycles. The summed E-state index contributed by atoms with van der Waals surface area (Å²) >= 11 is 0. The fourth-order valence-electron chi connectivity index (χ4n) is 4.77. The van der Waals surface area contributed by atoms with Crippen molar-refractivity contribution in [3.63, 3.8) is 0 Å². The monoisotopic (exact) mass is 408 g/mol. The molecule has 1 saturated carbocycles. The van der Waals surface area contributed by atoms with Crippen molar-refractivity contribution in [1.82, 2.24) is 20.2 Å². The highest BCUT2D eigenvalue weighted by molar-refractivity contribution is 5.95. The second-order valence-corrected chi connectivity index (χ2v) is 8.53. The van der Waals surface area contributed by atoms with Crippen LogP contribution < -0.4 is 15.5 Å². The van der Waals surface area contributed by atoms with E-state index in [2.05, 4.69) is 63.9 Å². The van der Waals surface area contributed by atoms with E-state index in [0.717, 1.165) is 25.7 Å². The predicted octanol–water partition coefficient (Wildman–Crippen LogP) is 2.73. The molecule has 1 aromatic heterocycles. The lowest BCUT2D eigenvalue weighted by Gasteiger charge is -2.48. The highest BCUT2D eigenvalue weighted by Crippen LogP contribution is 2.46. The molecule has 0 radical (unpaired) electrons. The Bertz CT molecular complexity index is 920. The van der Waals surface area contributed by atoms with Crippen molar-refractivity contribution in [1.29, 1.82) is 0 Å². The molecule has 1 aliphatic carbocycles. The molecule has 0 atom stereocenters. The molecule has 2 N–H and O–H groups in total. The fraction of sp³-hybridized carbons (Fsp3) is 0.455. The van der Waals surface area contributed by atoms with Crippen LogP contribution in [0.1, 0.15) is 38.2 Å². The molecule has 0 bridgehead atoms. The zero-order valence-corrected chi connectivity index (χ0v) is 17.7. The third kappa shape index (κ3) is 3.63. The molecule has 2 aliphatic rings. The summed E-state index contributed by atoms with van der Waals surface area (Å²) in [6.45, 7) is 1.99. The Morgan fingerprint density at radius 2 is 1.73 bits per heavy atom. The lowest BCUT2D eigenvalue weighted by molar-refractivity contribution is -0.114. The second-order valence-electron chi connectivity index (χ2n) is 8.53. The maximum absolute atomic E-state index is 12.8. The van der Waals surface area contributed by atoms with Crippen molar-refractivity contribution in [2.24, 2.45) is 0 Å². The third-order valence-corrected chi connectivity index (χ3v) is 6.52. The van der Waals surface area contributed by atoms with E-state index in [4.69, 9.17) is 0 Å².